The molecule has 0 aromatic heterocycles. The molecule has 0 radical (unpaired) electrons. The first-order chi connectivity index (χ1) is 18.0. The van der Waals surface area contributed by atoms with Gasteiger partial charge in [-0.2, -0.15) is 0 Å². The molecule has 2 aromatic carbocycles. The van der Waals surface area contributed by atoms with E-state index in [2.05, 4.69) is 0 Å². The number of carbonyl (C=O) groups is 2. The van der Waals surface area contributed by atoms with Crippen molar-refractivity contribution in [1.82, 2.24) is 4.90 Å². The summed E-state index contributed by atoms with van der Waals surface area (Å²) < 4.78 is 33.5. The maximum atomic E-state index is 13.4. The summed E-state index contributed by atoms with van der Waals surface area (Å²) >= 11 is 0. The second kappa shape index (κ2) is 10.2. The smallest absolute Gasteiger partial charge is 0.295 e. The molecule has 2 saturated heterocycles. The summed E-state index contributed by atoms with van der Waals surface area (Å²) in [6.07, 6.45) is 1.44. The molecule has 5 rings (SSSR count). The fourth-order valence-electron chi connectivity index (χ4n) is 5.03. The van der Waals surface area contributed by atoms with Crippen molar-refractivity contribution in [3.8, 4) is 28.7 Å². The normalized spacial score (nSPS) is 22.3. The Labute approximate surface area is 214 Å². The molecule has 0 bridgehead atoms. The number of hydrogen-bond acceptors (Lipinski definition) is 9. The molecule has 3 heterocycles. The summed E-state index contributed by atoms with van der Waals surface area (Å²) in [5.74, 6) is 0.270. The van der Waals surface area contributed by atoms with Crippen LogP contribution in [0.4, 0.5) is 0 Å². The zero-order chi connectivity index (χ0) is 26.1. The molecular weight excluding hydrogens is 482 g/mol. The average molecular weight is 512 g/mol. The summed E-state index contributed by atoms with van der Waals surface area (Å²) in [6, 6.07) is 7.34. The third-order valence-corrected chi connectivity index (χ3v) is 6.78. The number of hydrogen-bond donors (Lipinski definition) is 1. The van der Waals surface area contributed by atoms with Crippen molar-refractivity contribution in [3.05, 3.63) is 47.0 Å². The highest BCUT2D eigenvalue weighted by molar-refractivity contribution is 6.46. The summed E-state index contributed by atoms with van der Waals surface area (Å²) in [5, 5.41) is 11.4. The summed E-state index contributed by atoms with van der Waals surface area (Å²) in [5.41, 5.74) is 0.802. The van der Waals surface area contributed by atoms with E-state index in [1.54, 1.807) is 30.3 Å². The molecule has 196 valence electrons. The number of carbonyl (C=O) groups excluding carboxylic acids is 2. The Morgan fingerprint density at radius 2 is 1.68 bits per heavy atom. The Kier molecular flexibility index (Phi) is 6.84. The van der Waals surface area contributed by atoms with Crippen molar-refractivity contribution in [2.45, 2.75) is 25.0 Å². The van der Waals surface area contributed by atoms with Gasteiger partial charge in [-0.15, -0.1) is 0 Å². The number of ether oxygens (including phenoxy) is 6. The molecule has 2 aromatic rings. The van der Waals surface area contributed by atoms with E-state index in [4.69, 9.17) is 28.4 Å². The van der Waals surface area contributed by atoms with Gasteiger partial charge in [0, 0.05) is 18.7 Å². The van der Waals surface area contributed by atoms with Crippen LogP contribution in [0.15, 0.2) is 35.9 Å². The predicted molar refractivity (Wildman–Crippen MR) is 132 cm³/mol. The zero-order valence-electron chi connectivity index (χ0n) is 20.9. The molecule has 0 saturated carbocycles. The van der Waals surface area contributed by atoms with Gasteiger partial charge in [0.05, 0.1) is 39.0 Å². The molecule has 0 unspecified atom stereocenters. The van der Waals surface area contributed by atoms with E-state index < -0.39 is 17.7 Å². The second-order valence-electron chi connectivity index (χ2n) is 8.90. The number of methoxy groups -OCH3 is 3. The highest BCUT2D eigenvalue weighted by atomic mass is 16.6. The maximum absolute atomic E-state index is 13.4. The number of rotatable bonds is 7. The number of fused-ring (bicyclic) bond motifs is 1. The molecule has 2 fully saturated rings. The first kappa shape index (κ1) is 24.8. The molecule has 10 nitrogen and oxygen atoms in total. The number of Topliss-reactive ketones (excluding diaryl/α,β-unsaturated/α-hetero) is 1. The van der Waals surface area contributed by atoms with Gasteiger partial charge in [0.2, 0.25) is 5.75 Å². The van der Waals surface area contributed by atoms with Crippen molar-refractivity contribution >= 4 is 17.4 Å². The fraction of sp³-hybridized carbons (Fsp3) is 0.407. The van der Waals surface area contributed by atoms with Gasteiger partial charge in [0.25, 0.3) is 11.7 Å². The number of benzene rings is 2. The molecular formula is C27H29NO9. The zero-order valence-corrected chi connectivity index (χ0v) is 20.9. The Balaban J connectivity index is 1.66. The van der Waals surface area contributed by atoms with Gasteiger partial charge in [0.1, 0.15) is 19.0 Å². The number of aliphatic hydroxyl groups is 1. The highest BCUT2D eigenvalue weighted by Crippen LogP contribution is 2.46. The number of amides is 1. The van der Waals surface area contributed by atoms with Crippen LogP contribution in [0.1, 0.15) is 30.0 Å². The molecule has 1 N–H and O–H groups in total. The monoisotopic (exact) mass is 511 g/mol. The lowest BCUT2D eigenvalue weighted by Gasteiger charge is -2.28. The minimum absolute atomic E-state index is 0.0473. The number of ketones is 1. The Hall–Kier alpha value is -3.92. The van der Waals surface area contributed by atoms with E-state index in [9.17, 15) is 14.7 Å². The summed E-state index contributed by atoms with van der Waals surface area (Å²) in [4.78, 5) is 28.2. The first-order valence-electron chi connectivity index (χ1n) is 12.1. The Morgan fingerprint density at radius 3 is 2.30 bits per heavy atom. The number of aliphatic hydroxyl groups excluding tert-OH is 1. The molecule has 1 amide bonds. The van der Waals surface area contributed by atoms with E-state index in [1.165, 1.54) is 26.2 Å². The van der Waals surface area contributed by atoms with E-state index in [1.807, 2.05) is 0 Å². The van der Waals surface area contributed by atoms with Crippen LogP contribution in [0.3, 0.4) is 0 Å². The van der Waals surface area contributed by atoms with Crippen molar-refractivity contribution in [3.63, 3.8) is 0 Å². The minimum Gasteiger partial charge on any atom is -0.507 e. The second-order valence-corrected chi connectivity index (χ2v) is 8.90. The van der Waals surface area contributed by atoms with Crippen LogP contribution in [0.2, 0.25) is 0 Å². The third-order valence-electron chi connectivity index (χ3n) is 6.78. The van der Waals surface area contributed by atoms with Crippen molar-refractivity contribution in [2.24, 2.45) is 0 Å². The van der Waals surface area contributed by atoms with E-state index >= 15 is 0 Å². The molecule has 0 spiro atoms. The maximum Gasteiger partial charge on any atom is 0.295 e. The van der Waals surface area contributed by atoms with Gasteiger partial charge < -0.3 is 38.4 Å². The highest BCUT2D eigenvalue weighted by Gasteiger charge is 2.47. The van der Waals surface area contributed by atoms with Crippen LogP contribution in [-0.2, 0) is 14.3 Å². The summed E-state index contributed by atoms with van der Waals surface area (Å²) in [7, 11) is 4.46. The number of likely N-dealkylation sites (tertiary alicyclic amines) is 1. The topological polar surface area (TPSA) is 113 Å². The van der Waals surface area contributed by atoms with Crippen molar-refractivity contribution < 1.29 is 43.1 Å². The largest absolute Gasteiger partial charge is 0.507 e. The Morgan fingerprint density at radius 1 is 0.973 bits per heavy atom. The van der Waals surface area contributed by atoms with Gasteiger partial charge in [-0.25, -0.2) is 0 Å². The molecule has 2 atom stereocenters. The molecule has 37 heavy (non-hydrogen) atoms. The van der Waals surface area contributed by atoms with Crippen molar-refractivity contribution in [1.29, 1.82) is 0 Å². The minimum atomic E-state index is -0.911. The molecule has 3 aliphatic heterocycles. The van der Waals surface area contributed by atoms with Crippen LogP contribution in [0.5, 0.6) is 28.7 Å². The van der Waals surface area contributed by atoms with Gasteiger partial charge in [-0.3, -0.25) is 9.59 Å². The quantitative estimate of drug-likeness (QED) is 0.340. The van der Waals surface area contributed by atoms with Gasteiger partial charge >= 0.3 is 0 Å². The fourth-order valence-corrected chi connectivity index (χ4v) is 5.03. The lowest BCUT2D eigenvalue weighted by atomic mass is 9.94. The van der Waals surface area contributed by atoms with Crippen LogP contribution in [0, 0.1) is 0 Å². The van der Waals surface area contributed by atoms with Gasteiger partial charge in [-0.1, -0.05) is 0 Å². The molecule has 3 aliphatic rings. The summed E-state index contributed by atoms with van der Waals surface area (Å²) in [6.45, 7) is 1.59. The lowest BCUT2D eigenvalue weighted by Crippen LogP contribution is -2.36. The Bertz CT molecular complexity index is 1220. The lowest BCUT2D eigenvalue weighted by molar-refractivity contribution is -0.140. The first-order valence-corrected chi connectivity index (χ1v) is 12.1. The standard InChI is InChI=1S/C27H29NO9/c1-32-20-12-16(13-21(33-2)26(20)34-3)23-22(25(30)27(31)28(23)14-17-5-4-8-35-17)24(29)15-6-7-18-19(11-15)37-10-9-36-18/h6-7,11-13,17,23,29H,4-5,8-10,14H2,1-3H3/t17-,23-/m0/s1. The predicted octanol–water partition coefficient (Wildman–Crippen LogP) is 3.08. The van der Waals surface area contributed by atoms with E-state index in [-0.39, 0.29) is 24.0 Å². The van der Waals surface area contributed by atoms with E-state index in [0.717, 1.165) is 12.8 Å². The van der Waals surface area contributed by atoms with E-state index in [0.29, 0.717) is 59.7 Å². The van der Waals surface area contributed by atoms with Crippen LogP contribution in [-0.4, -0.2) is 75.5 Å². The number of nitrogens with zero attached hydrogens (tertiary/aromatic N) is 1. The van der Waals surface area contributed by atoms with Crippen molar-refractivity contribution in [2.75, 3.05) is 47.7 Å². The third kappa shape index (κ3) is 4.42. The SMILES string of the molecule is COc1cc([C@H]2C(=C(O)c3ccc4c(c3)OCCO4)C(=O)C(=O)N2C[C@@H]2CCCO2)cc(OC)c1OC. The molecule has 10 heteroatoms. The molecule has 0 aliphatic carbocycles. The van der Waals surface area contributed by atoms with Crippen LogP contribution >= 0.6 is 0 Å². The van der Waals surface area contributed by atoms with Gasteiger partial charge in [0.15, 0.2) is 23.0 Å². The van der Waals surface area contributed by atoms with Gasteiger partial charge in [-0.05, 0) is 48.7 Å². The average Bonchev–Trinajstić information content (AvgIpc) is 3.53. The van der Waals surface area contributed by atoms with Crippen LogP contribution < -0.4 is 23.7 Å². The van der Waals surface area contributed by atoms with Crippen LogP contribution in [0.25, 0.3) is 5.76 Å².